The number of hydrogen-bond acceptors (Lipinski definition) is 5. The van der Waals surface area contributed by atoms with E-state index in [2.05, 4.69) is 20.3 Å². The monoisotopic (exact) mass is 365 g/mol. The summed E-state index contributed by atoms with van der Waals surface area (Å²) < 4.78 is 7.24. The van der Waals surface area contributed by atoms with E-state index in [4.69, 9.17) is 16.3 Å². The van der Waals surface area contributed by atoms with E-state index in [0.717, 1.165) is 33.7 Å². The molecule has 0 saturated heterocycles. The number of halogens is 1. The molecule has 0 unspecified atom stereocenters. The predicted octanol–water partition coefficient (Wildman–Crippen LogP) is 4.53. The van der Waals surface area contributed by atoms with E-state index in [1.165, 1.54) is 0 Å². The average molecular weight is 366 g/mol. The summed E-state index contributed by atoms with van der Waals surface area (Å²) in [6.45, 7) is 2.02. The smallest absolute Gasteiger partial charge is 0.229 e. The van der Waals surface area contributed by atoms with Crippen LogP contribution in [0.15, 0.2) is 55.0 Å². The van der Waals surface area contributed by atoms with E-state index >= 15 is 0 Å². The molecule has 0 atom stereocenters. The molecular formula is C19H16ClN5O. The summed E-state index contributed by atoms with van der Waals surface area (Å²) >= 11 is 6.02. The first-order chi connectivity index (χ1) is 12.6. The number of ether oxygens (including phenoxy) is 1. The molecule has 6 nitrogen and oxygen atoms in total. The predicted molar refractivity (Wildman–Crippen MR) is 103 cm³/mol. The average Bonchev–Trinajstić information content (AvgIpc) is 3.07. The molecule has 3 aromatic heterocycles. The van der Waals surface area contributed by atoms with Crippen LogP contribution >= 0.6 is 11.6 Å². The standard InChI is InChI=1S/C19H16ClN5O/c1-12-3-4-15(26-2)10-16(12)23-19-22-11-13-6-8-25(18(13)24-19)14-5-7-21-17(20)9-14/h3-11H,1-2H3,(H,22,23,24). The van der Waals surface area contributed by atoms with E-state index in [1.807, 2.05) is 48.0 Å². The van der Waals surface area contributed by atoms with E-state index in [-0.39, 0.29) is 0 Å². The Hall–Kier alpha value is -3.12. The van der Waals surface area contributed by atoms with Gasteiger partial charge in [-0.25, -0.2) is 9.97 Å². The number of aromatic nitrogens is 4. The van der Waals surface area contributed by atoms with Crippen LogP contribution in [0, 0.1) is 6.92 Å². The van der Waals surface area contributed by atoms with E-state index in [9.17, 15) is 0 Å². The van der Waals surface area contributed by atoms with Gasteiger partial charge < -0.3 is 14.6 Å². The normalized spacial score (nSPS) is 10.9. The molecule has 0 aliphatic rings. The summed E-state index contributed by atoms with van der Waals surface area (Å²) in [6.07, 6.45) is 5.40. The van der Waals surface area contributed by atoms with Crippen molar-refractivity contribution in [2.45, 2.75) is 6.92 Å². The number of nitrogens with zero attached hydrogens (tertiary/aromatic N) is 4. The molecule has 0 spiro atoms. The summed E-state index contributed by atoms with van der Waals surface area (Å²) in [4.78, 5) is 13.1. The highest BCUT2D eigenvalue weighted by Crippen LogP contribution is 2.25. The highest BCUT2D eigenvalue weighted by molar-refractivity contribution is 6.29. The Kier molecular flexibility index (Phi) is 4.18. The zero-order valence-electron chi connectivity index (χ0n) is 14.3. The maximum Gasteiger partial charge on any atom is 0.229 e. The van der Waals surface area contributed by atoms with Gasteiger partial charge in [0.15, 0.2) is 0 Å². The number of hydrogen-bond donors (Lipinski definition) is 1. The van der Waals surface area contributed by atoms with Crippen molar-refractivity contribution in [1.82, 2.24) is 19.5 Å². The van der Waals surface area contributed by atoms with Crippen LogP contribution in [-0.4, -0.2) is 26.6 Å². The fourth-order valence-corrected chi connectivity index (χ4v) is 2.88. The van der Waals surface area contributed by atoms with Crippen molar-refractivity contribution >= 4 is 34.3 Å². The van der Waals surface area contributed by atoms with Crippen molar-refractivity contribution in [1.29, 1.82) is 0 Å². The van der Waals surface area contributed by atoms with Crippen LogP contribution in [0.25, 0.3) is 16.7 Å². The molecule has 0 aliphatic carbocycles. The molecule has 0 fully saturated rings. The molecule has 1 N–H and O–H groups in total. The molecule has 7 heteroatoms. The lowest BCUT2D eigenvalue weighted by molar-refractivity contribution is 0.415. The Labute approximate surface area is 155 Å². The van der Waals surface area contributed by atoms with Gasteiger partial charge in [0.25, 0.3) is 0 Å². The van der Waals surface area contributed by atoms with E-state index in [0.29, 0.717) is 11.1 Å². The third-order valence-corrected chi connectivity index (χ3v) is 4.31. The molecule has 0 saturated carbocycles. The van der Waals surface area contributed by atoms with E-state index < -0.39 is 0 Å². The lowest BCUT2D eigenvalue weighted by Crippen LogP contribution is -2.01. The number of benzene rings is 1. The van der Waals surface area contributed by atoms with Gasteiger partial charge >= 0.3 is 0 Å². The van der Waals surface area contributed by atoms with Gasteiger partial charge in [-0.05, 0) is 36.8 Å². The second kappa shape index (κ2) is 6.65. The molecule has 4 aromatic rings. The zero-order chi connectivity index (χ0) is 18.1. The van der Waals surface area contributed by atoms with Crippen LogP contribution in [0.4, 0.5) is 11.6 Å². The van der Waals surface area contributed by atoms with Crippen LogP contribution in [0.3, 0.4) is 0 Å². The molecular weight excluding hydrogens is 350 g/mol. The molecule has 0 amide bonds. The van der Waals surface area contributed by atoms with Gasteiger partial charge in [0.2, 0.25) is 5.95 Å². The molecule has 3 heterocycles. The van der Waals surface area contributed by atoms with Crippen LogP contribution in [-0.2, 0) is 0 Å². The van der Waals surface area contributed by atoms with Gasteiger partial charge in [-0.3, -0.25) is 0 Å². The number of rotatable bonds is 4. The minimum Gasteiger partial charge on any atom is -0.497 e. The number of anilines is 2. The van der Waals surface area contributed by atoms with Crippen LogP contribution in [0.5, 0.6) is 5.75 Å². The second-order valence-corrected chi connectivity index (χ2v) is 6.19. The number of aryl methyl sites for hydroxylation is 1. The first-order valence-electron chi connectivity index (χ1n) is 8.02. The minimum absolute atomic E-state index is 0.434. The number of nitrogens with one attached hydrogen (secondary N) is 1. The van der Waals surface area contributed by atoms with Gasteiger partial charge in [-0.15, -0.1) is 0 Å². The van der Waals surface area contributed by atoms with Gasteiger partial charge in [-0.2, -0.15) is 4.98 Å². The first kappa shape index (κ1) is 16.4. The Morgan fingerprint density at radius 1 is 1.12 bits per heavy atom. The van der Waals surface area contributed by atoms with Gasteiger partial charge in [0.1, 0.15) is 16.5 Å². The van der Waals surface area contributed by atoms with Crippen LogP contribution in [0.1, 0.15) is 5.56 Å². The Balaban J connectivity index is 1.75. The van der Waals surface area contributed by atoms with E-state index in [1.54, 1.807) is 25.6 Å². The maximum atomic E-state index is 6.02. The summed E-state index contributed by atoms with van der Waals surface area (Å²) in [5, 5.41) is 4.63. The lowest BCUT2D eigenvalue weighted by atomic mass is 10.2. The molecule has 0 bridgehead atoms. The fourth-order valence-electron chi connectivity index (χ4n) is 2.71. The van der Waals surface area contributed by atoms with Gasteiger partial charge in [0, 0.05) is 35.7 Å². The highest BCUT2D eigenvalue weighted by atomic mass is 35.5. The quantitative estimate of drug-likeness (QED) is 0.538. The maximum absolute atomic E-state index is 6.02. The SMILES string of the molecule is COc1ccc(C)c(Nc2ncc3ccn(-c4ccnc(Cl)c4)c3n2)c1. The molecule has 130 valence electrons. The van der Waals surface area contributed by atoms with Crippen molar-refractivity contribution < 1.29 is 4.74 Å². The summed E-state index contributed by atoms with van der Waals surface area (Å²) in [5.41, 5.74) is 3.65. The molecule has 4 rings (SSSR count). The summed E-state index contributed by atoms with van der Waals surface area (Å²) in [5.74, 6) is 1.28. The Morgan fingerprint density at radius 2 is 2.00 bits per heavy atom. The lowest BCUT2D eigenvalue weighted by Gasteiger charge is -2.11. The largest absolute Gasteiger partial charge is 0.497 e. The Bertz CT molecular complexity index is 1090. The first-order valence-corrected chi connectivity index (χ1v) is 8.39. The molecule has 26 heavy (non-hydrogen) atoms. The van der Waals surface area contributed by atoms with Crippen molar-refractivity contribution in [3.63, 3.8) is 0 Å². The van der Waals surface area contributed by atoms with Crippen molar-refractivity contribution in [3.05, 3.63) is 65.7 Å². The van der Waals surface area contributed by atoms with Crippen LogP contribution in [0.2, 0.25) is 5.15 Å². The number of pyridine rings is 1. The van der Waals surface area contributed by atoms with Gasteiger partial charge in [0.05, 0.1) is 12.8 Å². The van der Waals surface area contributed by atoms with Crippen LogP contribution < -0.4 is 10.1 Å². The number of fused-ring (bicyclic) bond motifs is 1. The zero-order valence-corrected chi connectivity index (χ0v) is 15.0. The third kappa shape index (κ3) is 3.07. The minimum atomic E-state index is 0.434. The molecule has 0 aliphatic heterocycles. The van der Waals surface area contributed by atoms with Crippen molar-refractivity contribution in [2.24, 2.45) is 0 Å². The third-order valence-electron chi connectivity index (χ3n) is 4.11. The topological polar surface area (TPSA) is 64.9 Å². The molecule has 0 radical (unpaired) electrons. The van der Waals surface area contributed by atoms with Crippen molar-refractivity contribution in [3.8, 4) is 11.4 Å². The van der Waals surface area contributed by atoms with Gasteiger partial charge in [-0.1, -0.05) is 17.7 Å². The summed E-state index contributed by atoms with van der Waals surface area (Å²) in [6, 6.07) is 11.5. The fraction of sp³-hybridized carbons (Fsp3) is 0.105. The Morgan fingerprint density at radius 3 is 2.81 bits per heavy atom. The molecule has 1 aromatic carbocycles. The summed E-state index contributed by atoms with van der Waals surface area (Å²) in [7, 11) is 1.64. The highest BCUT2D eigenvalue weighted by Gasteiger charge is 2.09. The van der Waals surface area contributed by atoms with Crippen molar-refractivity contribution in [2.75, 3.05) is 12.4 Å². The second-order valence-electron chi connectivity index (χ2n) is 5.80. The number of methoxy groups -OCH3 is 1.